The molecule has 0 spiro atoms. The van der Waals surface area contributed by atoms with Crippen molar-refractivity contribution in [2.45, 2.75) is 26.7 Å². The minimum Gasteiger partial charge on any atom is -0.318 e. The van der Waals surface area contributed by atoms with E-state index in [1.165, 1.54) is 22.5 Å². The van der Waals surface area contributed by atoms with Gasteiger partial charge in [-0.2, -0.15) is 0 Å². The van der Waals surface area contributed by atoms with Gasteiger partial charge in [0.25, 0.3) is 5.69 Å². The Balaban J connectivity index is 2.11. The molecule has 4 heteroatoms. The zero-order valence-corrected chi connectivity index (χ0v) is 11.6. The molecule has 20 heavy (non-hydrogen) atoms. The molecule has 1 aromatic carbocycles. The zero-order chi connectivity index (χ0) is 14.3. The molecule has 0 unspecified atom stereocenters. The van der Waals surface area contributed by atoms with Crippen LogP contribution in [0.15, 0.2) is 36.4 Å². The van der Waals surface area contributed by atoms with E-state index in [9.17, 15) is 10.1 Å². The predicted octanol–water partition coefficient (Wildman–Crippen LogP) is 3.66. The average molecular weight is 268 g/mol. The number of aromatic nitrogens is 1. The van der Waals surface area contributed by atoms with Gasteiger partial charge in [0.05, 0.1) is 4.92 Å². The normalized spacial score (nSPS) is 13.3. The van der Waals surface area contributed by atoms with Gasteiger partial charge < -0.3 is 4.57 Å². The summed E-state index contributed by atoms with van der Waals surface area (Å²) >= 11 is 0. The van der Waals surface area contributed by atoms with Crippen LogP contribution in [0.5, 0.6) is 0 Å². The van der Waals surface area contributed by atoms with E-state index in [2.05, 4.69) is 30.6 Å². The summed E-state index contributed by atoms with van der Waals surface area (Å²) in [6.45, 7) is 4.23. The van der Waals surface area contributed by atoms with Crippen LogP contribution in [0.2, 0.25) is 0 Å². The first kappa shape index (κ1) is 12.7. The Morgan fingerprint density at radius 3 is 1.95 bits per heavy atom. The Labute approximate surface area is 117 Å². The summed E-state index contributed by atoms with van der Waals surface area (Å²) in [6.07, 6.45) is 6.36. The van der Waals surface area contributed by atoms with Gasteiger partial charge in [-0.1, -0.05) is 12.2 Å². The molecule has 1 heterocycles. The van der Waals surface area contributed by atoms with Crippen molar-refractivity contribution in [2.24, 2.45) is 0 Å². The topological polar surface area (TPSA) is 48.1 Å². The van der Waals surface area contributed by atoms with Crippen LogP contribution in [0.4, 0.5) is 5.69 Å². The third kappa shape index (κ3) is 1.84. The number of hydrogen-bond acceptors (Lipinski definition) is 2. The molecule has 102 valence electrons. The lowest BCUT2D eigenvalue weighted by atomic mass is 9.98. The average Bonchev–Trinajstić information content (AvgIpc) is 2.72. The van der Waals surface area contributed by atoms with Gasteiger partial charge in [-0.25, -0.2) is 0 Å². The predicted molar refractivity (Wildman–Crippen MR) is 78.4 cm³/mol. The molecule has 2 aromatic rings. The maximum absolute atomic E-state index is 10.7. The molecule has 0 radical (unpaired) electrons. The van der Waals surface area contributed by atoms with Crippen LogP contribution in [0.1, 0.15) is 22.5 Å². The number of nitro benzene ring substituents is 1. The van der Waals surface area contributed by atoms with Crippen LogP contribution in [0.25, 0.3) is 5.69 Å². The highest BCUT2D eigenvalue weighted by molar-refractivity contribution is 5.50. The Bertz CT molecular complexity index is 678. The van der Waals surface area contributed by atoms with E-state index in [4.69, 9.17) is 0 Å². The maximum atomic E-state index is 10.7. The summed E-state index contributed by atoms with van der Waals surface area (Å²) in [5.74, 6) is 0. The van der Waals surface area contributed by atoms with Crippen molar-refractivity contribution in [1.82, 2.24) is 4.57 Å². The Kier molecular flexibility index (Phi) is 2.93. The number of fused-ring (bicyclic) bond motifs is 1. The largest absolute Gasteiger partial charge is 0.318 e. The summed E-state index contributed by atoms with van der Waals surface area (Å²) in [5.41, 5.74) is 6.36. The second-order valence-electron chi connectivity index (χ2n) is 5.12. The summed E-state index contributed by atoms with van der Waals surface area (Å²) in [7, 11) is 0. The highest BCUT2D eigenvalue weighted by atomic mass is 16.6. The molecule has 0 N–H and O–H groups in total. The van der Waals surface area contributed by atoms with Gasteiger partial charge in [0, 0.05) is 29.2 Å². The number of non-ortho nitro benzene ring substituents is 1. The van der Waals surface area contributed by atoms with E-state index in [1.54, 1.807) is 12.1 Å². The molecule has 1 aliphatic rings. The van der Waals surface area contributed by atoms with Crippen molar-refractivity contribution < 1.29 is 4.92 Å². The third-order valence-corrected chi connectivity index (χ3v) is 4.04. The van der Waals surface area contributed by atoms with Gasteiger partial charge in [0.1, 0.15) is 0 Å². The fraction of sp³-hybridized carbons (Fsp3) is 0.250. The lowest BCUT2D eigenvalue weighted by Gasteiger charge is -2.09. The quantitative estimate of drug-likeness (QED) is 0.474. The molecule has 0 fully saturated rings. The molecule has 0 saturated heterocycles. The third-order valence-electron chi connectivity index (χ3n) is 4.04. The first-order valence-corrected chi connectivity index (χ1v) is 6.69. The number of benzene rings is 1. The van der Waals surface area contributed by atoms with Gasteiger partial charge in [0.15, 0.2) is 0 Å². The fourth-order valence-electron chi connectivity index (χ4n) is 3.01. The molecule has 0 aliphatic heterocycles. The molecule has 0 bridgehead atoms. The van der Waals surface area contributed by atoms with Crippen LogP contribution in [0.3, 0.4) is 0 Å². The van der Waals surface area contributed by atoms with Crippen molar-refractivity contribution in [2.75, 3.05) is 0 Å². The number of rotatable bonds is 2. The number of allylic oxidation sites excluding steroid dienone is 2. The summed E-state index contributed by atoms with van der Waals surface area (Å²) in [4.78, 5) is 10.4. The van der Waals surface area contributed by atoms with Gasteiger partial charge >= 0.3 is 0 Å². The monoisotopic (exact) mass is 268 g/mol. The second-order valence-corrected chi connectivity index (χ2v) is 5.12. The number of hydrogen-bond donors (Lipinski definition) is 0. The van der Waals surface area contributed by atoms with E-state index in [0.717, 1.165) is 18.5 Å². The van der Waals surface area contributed by atoms with E-state index < -0.39 is 0 Å². The van der Waals surface area contributed by atoms with Gasteiger partial charge in [0.2, 0.25) is 0 Å². The van der Waals surface area contributed by atoms with Crippen LogP contribution in [0, 0.1) is 24.0 Å². The van der Waals surface area contributed by atoms with Gasteiger partial charge in [-0.3, -0.25) is 10.1 Å². The molecule has 0 saturated carbocycles. The molecular weight excluding hydrogens is 252 g/mol. The van der Waals surface area contributed by atoms with Crippen molar-refractivity contribution in [3.05, 3.63) is 69.0 Å². The lowest BCUT2D eigenvalue weighted by molar-refractivity contribution is -0.384. The Morgan fingerprint density at radius 2 is 1.50 bits per heavy atom. The summed E-state index contributed by atoms with van der Waals surface area (Å²) < 4.78 is 2.20. The van der Waals surface area contributed by atoms with Crippen LogP contribution >= 0.6 is 0 Å². The minimum absolute atomic E-state index is 0.127. The molecule has 0 amide bonds. The highest BCUT2D eigenvalue weighted by Gasteiger charge is 2.19. The molecule has 3 rings (SSSR count). The van der Waals surface area contributed by atoms with Crippen LogP contribution in [-0.2, 0) is 12.8 Å². The van der Waals surface area contributed by atoms with Crippen molar-refractivity contribution >= 4 is 5.69 Å². The summed E-state index contributed by atoms with van der Waals surface area (Å²) in [5, 5.41) is 10.7. The SMILES string of the molecule is Cc1c2c(c(C)n1-c1ccc([N+](=O)[O-])cc1)CC=CC2. The van der Waals surface area contributed by atoms with E-state index >= 15 is 0 Å². The molecule has 4 nitrogen and oxygen atoms in total. The lowest BCUT2D eigenvalue weighted by Crippen LogP contribution is -2.00. The first-order valence-electron chi connectivity index (χ1n) is 6.69. The molecule has 1 aliphatic carbocycles. The zero-order valence-electron chi connectivity index (χ0n) is 11.6. The second kappa shape index (κ2) is 4.63. The number of nitro groups is 1. The minimum atomic E-state index is -0.367. The van der Waals surface area contributed by atoms with E-state index in [1.807, 2.05) is 12.1 Å². The van der Waals surface area contributed by atoms with E-state index in [-0.39, 0.29) is 10.6 Å². The Morgan fingerprint density at radius 1 is 1.00 bits per heavy atom. The van der Waals surface area contributed by atoms with Crippen LogP contribution in [-0.4, -0.2) is 9.49 Å². The van der Waals surface area contributed by atoms with Crippen molar-refractivity contribution in [1.29, 1.82) is 0 Å². The Hall–Kier alpha value is -2.36. The standard InChI is InChI=1S/C16H16N2O2/c1-11-15-5-3-4-6-16(15)12(2)17(11)13-7-9-14(10-8-13)18(19)20/h3-4,7-10H,5-6H2,1-2H3. The van der Waals surface area contributed by atoms with Crippen LogP contribution < -0.4 is 0 Å². The summed E-state index contributed by atoms with van der Waals surface area (Å²) in [6, 6.07) is 6.75. The van der Waals surface area contributed by atoms with Crippen molar-refractivity contribution in [3.8, 4) is 5.69 Å². The molecule has 0 atom stereocenters. The molecule has 1 aromatic heterocycles. The smallest absolute Gasteiger partial charge is 0.269 e. The first-order chi connectivity index (χ1) is 9.59. The van der Waals surface area contributed by atoms with Gasteiger partial charge in [-0.15, -0.1) is 0 Å². The highest BCUT2D eigenvalue weighted by Crippen LogP contribution is 2.30. The van der Waals surface area contributed by atoms with E-state index in [0.29, 0.717) is 0 Å². The fourth-order valence-corrected chi connectivity index (χ4v) is 3.01. The van der Waals surface area contributed by atoms with Gasteiger partial charge in [-0.05, 0) is 49.9 Å². The van der Waals surface area contributed by atoms with Crippen molar-refractivity contribution in [3.63, 3.8) is 0 Å². The molecular formula is C16H16N2O2. The number of nitrogens with zero attached hydrogens (tertiary/aromatic N) is 2. The maximum Gasteiger partial charge on any atom is 0.269 e.